The van der Waals surface area contributed by atoms with Gasteiger partial charge in [-0.05, 0) is 25.0 Å². The number of hydrogen-bond acceptors (Lipinski definition) is 4. The lowest BCUT2D eigenvalue weighted by Crippen LogP contribution is -2.53. The lowest BCUT2D eigenvalue weighted by atomic mass is 9.92. The molecule has 2 aliphatic rings. The van der Waals surface area contributed by atoms with Gasteiger partial charge in [-0.25, -0.2) is 4.79 Å². The Bertz CT molecular complexity index is 792. The number of rotatable bonds is 2. The van der Waals surface area contributed by atoms with Crippen LogP contribution in [0.4, 0.5) is 18.0 Å². The Balaban J connectivity index is 1.75. The van der Waals surface area contributed by atoms with Crippen LogP contribution in [0.2, 0.25) is 0 Å². The van der Waals surface area contributed by atoms with Crippen molar-refractivity contribution in [3.05, 3.63) is 34.2 Å². The molecule has 1 aromatic heterocycles. The van der Waals surface area contributed by atoms with Gasteiger partial charge in [0.15, 0.2) is 0 Å². The minimum Gasteiger partial charge on any atom is -0.439 e. The van der Waals surface area contributed by atoms with E-state index in [0.717, 1.165) is 16.8 Å². The molecule has 0 saturated carbocycles. The predicted octanol–water partition coefficient (Wildman–Crippen LogP) is 1.31. The molecule has 0 aromatic carbocycles. The van der Waals surface area contributed by atoms with E-state index in [1.54, 1.807) is 7.05 Å². The molecule has 1 aromatic rings. The number of carbonyl (C=O) groups excluding carboxylic acids is 2. The molecule has 0 bridgehead atoms. The predicted molar refractivity (Wildman–Crippen MR) is 83.4 cm³/mol. The third-order valence-electron chi connectivity index (χ3n) is 4.66. The van der Waals surface area contributed by atoms with Crippen molar-refractivity contribution in [2.45, 2.75) is 31.2 Å². The van der Waals surface area contributed by atoms with Crippen LogP contribution in [-0.4, -0.2) is 58.7 Å². The summed E-state index contributed by atoms with van der Waals surface area (Å²) in [6, 6.07) is 1.77. The molecule has 2 amide bonds. The molecular formula is C16H18F3N3O4. The lowest BCUT2D eigenvalue weighted by molar-refractivity contribution is -0.140. The number of likely N-dealkylation sites (tertiary alicyclic amines) is 1. The Morgan fingerprint density at radius 2 is 2.04 bits per heavy atom. The van der Waals surface area contributed by atoms with Gasteiger partial charge in [-0.3, -0.25) is 9.59 Å². The maximum atomic E-state index is 12.8. The molecule has 0 aliphatic carbocycles. The van der Waals surface area contributed by atoms with Gasteiger partial charge < -0.3 is 19.1 Å². The minimum absolute atomic E-state index is 0.162. The number of aromatic nitrogens is 1. The van der Waals surface area contributed by atoms with E-state index in [-0.39, 0.29) is 6.54 Å². The van der Waals surface area contributed by atoms with Crippen molar-refractivity contribution >= 4 is 12.0 Å². The van der Waals surface area contributed by atoms with Crippen LogP contribution in [0.1, 0.15) is 18.4 Å². The Kier molecular flexibility index (Phi) is 4.45. The Hall–Kier alpha value is -2.52. The molecule has 0 radical (unpaired) electrons. The van der Waals surface area contributed by atoms with Gasteiger partial charge in [0.2, 0.25) is 5.91 Å². The molecular weight excluding hydrogens is 355 g/mol. The summed E-state index contributed by atoms with van der Waals surface area (Å²) in [5.41, 5.74) is -3.36. The van der Waals surface area contributed by atoms with E-state index in [1.807, 2.05) is 0 Å². The normalized spacial score (nSPS) is 23.5. The first-order valence-corrected chi connectivity index (χ1v) is 8.10. The van der Waals surface area contributed by atoms with Gasteiger partial charge in [0, 0.05) is 19.8 Å². The summed E-state index contributed by atoms with van der Waals surface area (Å²) < 4.78 is 44.6. The quantitative estimate of drug-likeness (QED) is 0.784. The molecule has 3 rings (SSSR count). The standard InChI is InChI=1S/C16H18F3N3O4/c1-20-9-15(26-14(20)25)5-3-7-22(10-15)12(23)8-21-6-2-4-11(13(21)24)16(17,18)19/h2,4,6H,3,5,7-10H2,1H3. The number of pyridine rings is 1. The number of amides is 2. The molecule has 10 heteroatoms. The number of hydrogen-bond donors (Lipinski definition) is 0. The zero-order valence-corrected chi connectivity index (χ0v) is 14.1. The molecule has 3 heterocycles. The molecule has 2 saturated heterocycles. The van der Waals surface area contributed by atoms with Crippen LogP contribution in [0.3, 0.4) is 0 Å². The summed E-state index contributed by atoms with van der Waals surface area (Å²) >= 11 is 0. The fourth-order valence-corrected chi connectivity index (χ4v) is 3.44. The first-order chi connectivity index (χ1) is 12.1. The van der Waals surface area contributed by atoms with Crippen LogP contribution in [0, 0.1) is 0 Å². The maximum Gasteiger partial charge on any atom is 0.421 e. The van der Waals surface area contributed by atoms with E-state index in [0.29, 0.717) is 32.0 Å². The Morgan fingerprint density at radius 3 is 2.65 bits per heavy atom. The van der Waals surface area contributed by atoms with Crippen molar-refractivity contribution in [2.75, 3.05) is 26.7 Å². The SMILES string of the molecule is CN1CC2(CCCN(C(=O)Cn3cccc(C(F)(F)F)c3=O)C2)OC1=O. The summed E-state index contributed by atoms with van der Waals surface area (Å²) in [6.45, 7) is 0.410. The zero-order valence-electron chi connectivity index (χ0n) is 14.1. The highest BCUT2D eigenvalue weighted by Crippen LogP contribution is 2.31. The summed E-state index contributed by atoms with van der Waals surface area (Å²) in [6.07, 6.45) is -2.88. The molecule has 1 spiro atoms. The second-order valence-electron chi connectivity index (χ2n) is 6.68. The van der Waals surface area contributed by atoms with E-state index >= 15 is 0 Å². The Labute approximate surface area is 146 Å². The number of carbonyl (C=O) groups is 2. The van der Waals surface area contributed by atoms with E-state index < -0.39 is 41.4 Å². The molecule has 2 aliphatic heterocycles. The first kappa shape index (κ1) is 18.3. The van der Waals surface area contributed by atoms with Gasteiger partial charge in [-0.15, -0.1) is 0 Å². The monoisotopic (exact) mass is 373 g/mol. The molecule has 26 heavy (non-hydrogen) atoms. The molecule has 1 atom stereocenters. The summed E-state index contributed by atoms with van der Waals surface area (Å²) in [5.74, 6) is -0.490. The van der Waals surface area contributed by atoms with Gasteiger partial charge in [0.25, 0.3) is 5.56 Å². The number of likely N-dealkylation sites (N-methyl/N-ethyl adjacent to an activating group) is 1. The summed E-state index contributed by atoms with van der Waals surface area (Å²) in [7, 11) is 1.60. The molecule has 7 nitrogen and oxygen atoms in total. The number of nitrogens with zero attached hydrogens (tertiary/aromatic N) is 3. The number of alkyl halides is 3. The third-order valence-corrected chi connectivity index (χ3v) is 4.66. The molecule has 2 fully saturated rings. The van der Waals surface area contributed by atoms with Crippen molar-refractivity contribution in [3.63, 3.8) is 0 Å². The second-order valence-corrected chi connectivity index (χ2v) is 6.68. The number of halogens is 3. The number of piperidine rings is 1. The summed E-state index contributed by atoms with van der Waals surface area (Å²) in [4.78, 5) is 39.0. The van der Waals surface area contributed by atoms with Crippen molar-refractivity contribution in [1.29, 1.82) is 0 Å². The van der Waals surface area contributed by atoms with E-state index in [9.17, 15) is 27.6 Å². The third kappa shape index (κ3) is 3.40. The maximum absolute atomic E-state index is 12.8. The summed E-state index contributed by atoms with van der Waals surface area (Å²) in [5, 5.41) is 0. The fourth-order valence-electron chi connectivity index (χ4n) is 3.44. The van der Waals surface area contributed by atoms with E-state index in [1.165, 1.54) is 9.80 Å². The topological polar surface area (TPSA) is 71.8 Å². The van der Waals surface area contributed by atoms with Crippen LogP contribution < -0.4 is 5.56 Å². The van der Waals surface area contributed by atoms with Crippen LogP contribution in [-0.2, 0) is 22.3 Å². The van der Waals surface area contributed by atoms with Crippen molar-refractivity contribution in [2.24, 2.45) is 0 Å². The van der Waals surface area contributed by atoms with Crippen molar-refractivity contribution in [1.82, 2.24) is 14.4 Å². The average Bonchev–Trinajstić information content (AvgIpc) is 2.81. The van der Waals surface area contributed by atoms with E-state index in [2.05, 4.69) is 0 Å². The van der Waals surface area contributed by atoms with Gasteiger partial charge in [0.05, 0.1) is 13.1 Å². The van der Waals surface area contributed by atoms with Gasteiger partial charge in [0.1, 0.15) is 17.7 Å². The zero-order chi connectivity index (χ0) is 19.1. The number of ether oxygens (including phenoxy) is 1. The fraction of sp³-hybridized carbons (Fsp3) is 0.562. The van der Waals surface area contributed by atoms with E-state index in [4.69, 9.17) is 4.74 Å². The second kappa shape index (κ2) is 6.33. The van der Waals surface area contributed by atoms with Crippen LogP contribution >= 0.6 is 0 Å². The van der Waals surface area contributed by atoms with Gasteiger partial charge in [-0.2, -0.15) is 13.2 Å². The molecule has 1 unspecified atom stereocenters. The first-order valence-electron chi connectivity index (χ1n) is 8.10. The van der Waals surface area contributed by atoms with Crippen LogP contribution in [0.5, 0.6) is 0 Å². The molecule has 0 N–H and O–H groups in total. The van der Waals surface area contributed by atoms with Crippen molar-refractivity contribution < 1.29 is 27.5 Å². The van der Waals surface area contributed by atoms with Crippen molar-refractivity contribution in [3.8, 4) is 0 Å². The highest BCUT2D eigenvalue weighted by atomic mass is 19.4. The smallest absolute Gasteiger partial charge is 0.421 e. The lowest BCUT2D eigenvalue weighted by Gasteiger charge is -2.38. The average molecular weight is 373 g/mol. The highest BCUT2D eigenvalue weighted by Gasteiger charge is 2.47. The van der Waals surface area contributed by atoms with Gasteiger partial charge >= 0.3 is 12.3 Å². The minimum atomic E-state index is -4.78. The largest absolute Gasteiger partial charge is 0.439 e. The Morgan fingerprint density at radius 1 is 1.31 bits per heavy atom. The molecule has 142 valence electrons. The van der Waals surface area contributed by atoms with Crippen LogP contribution in [0.25, 0.3) is 0 Å². The highest BCUT2D eigenvalue weighted by molar-refractivity contribution is 5.76. The van der Waals surface area contributed by atoms with Gasteiger partial charge in [-0.1, -0.05) is 0 Å². The van der Waals surface area contributed by atoms with Crippen LogP contribution in [0.15, 0.2) is 23.1 Å².